The Hall–Kier alpha value is -7.76. The van der Waals surface area contributed by atoms with Gasteiger partial charge in [-0.05, 0) is 115 Å². The van der Waals surface area contributed by atoms with Crippen molar-refractivity contribution in [3.05, 3.63) is 243 Å². The summed E-state index contributed by atoms with van der Waals surface area (Å²) in [6.07, 6.45) is 0. The molecule has 0 aromatic heterocycles. The van der Waals surface area contributed by atoms with Crippen LogP contribution in [0.3, 0.4) is 0 Å². The number of para-hydroxylation sites is 6. The van der Waals surface area contributed by atoms with Gasteiger partial charge in [-0.3, -0.25) is 0 Å². The standard InChI is InChI=1S/C54H40BN4/c1-7-20-41(21-8-1)56(42-22-9-2-10-23-42)49-34-36-51-53(39-49)58(45-28-15-5-16-29-45)47-32-19-33-48(38-47)59(46-30-17-6-18-31-46)54-40-50(35-37-52(54)55-51)57(43-24-11-3-12-25-43)44-26-13-4-14-27-44/h1-40H. The van der Waals surface area contributed by atoms with Crippen LogP contribution in [0.2, 0.25) is 0 Å². The summed E-state index contributed by atoms with van der Waals surface area (Å²) < 4.78 is 0. The van der Waals surface area contributed by atoms with Gasteiger partial charge in [0, 0.05) is 68.2 Å². The molecular formula is C54H40BN4. The minimum Gasteiger partial charge on any atom is -0.311 e. The number of nitrogens with zero attached hydrogens (tertiary/aromatic N) is 4. The Morgan fingerprint density at radius 2 is 0.559 bits per heavy atom. The topological polar surface area (TPSA) is 13.0 Å². The second-order valence-electron chi connectivity index (χ2n) is 14.5. The van der Waals surface area contributed by atoms with Gasteiger partial charge in [0.25, 0.3) is 0 Å². The highest BCUT2D eigenvalue weighted by molar-refractivity contribution is 6.70. The van der Waals surface area contributed by atoms with Gasteiger partial charge in [-0.1, -0.05) is 138 Å². The normalized spacial score (nSPS) is 11.8. The summed E-state index contributed by atoms with van der Waals surface area (Å²) in [7, 11) is 2.35. The molecule has 0 spiro atoms. The Bertz CT molecular complexity index is 2530. The van der Waals surface area contributed by atoms with E-state index in [0.29, 0.717) is 0 Å². The van der Waals surface area contributed by atoms with E-state index < -0.39 is 0 Å². The molecule has 2 bridgehead atoms. The number of rotatable bonds is 8. The maximum Gasteiger partial charge on any atom is 0.197 e. The highest BCUT2D eigenvalue weighted by atomic mass is 15.2. The van der Waals surface area contributed by atoms with E-state index >= 15 is 0 Å². The van der Waals surface area contributed by atoms with Crippen molar-refractivity contribution in [1.82, 2.24) is 0 Å². The molecule has 0 aliphatic carbocycles. The molecule has 9 aromatic rings. The first kappa shape index (κ1) is 35.6. The minimum absolute atomic E-state index is 1.06. The van der Waals surface area contributed by atoms with E-state index in [2.05, 4.69) is 270 Å². The second kappa shape index (κ2) is 16.0. The molecule has 0 amide bonds. The number of anilines is 12. The largest absolute Gasteiger partial charge is 0.311 e. The van der Waals surface area contributed by atoms with Crippen molar-refractivity contribution in [2.24, 2.45) is 0 Å². The van der Waals surface area contributed by atoms with Gasteiger partial charge in [-0.2, -0.15) is 0 Å². The molecule has 0 unspecified atom stereocenters. The van der Waals surface area contributed by atoms with Gasteiger partial charge in [-0.25, -0.2) is 0 Å². The highest BCUT2D eigenvalue weighted by Gasteiger charge is 2.26. The fourth-order valence-electron chi connectivity index (χ4n) is 8.12. The van der Waals surface area contributed by atoms with Gasteiger partial charge in [0.15, 0.2) is 7.28 Å². The van der Waals surface area contributed by atoms with Crippen LogP contribution >= 0.6 is 0 Å². The molecule has 4 nitrogen and oxygen atoms in total. The molecule has 0 saturated heterocycles. The van der Waals surface area contributed by atoms with Crippen molar-refractivity contribution in [3.63, 3.8) is 0 Å². The molecule has 0 atom stereocenters. The van der Waals surface area contributed by atoms with Crippen molar-refractivity contribution in [2.75, 3.05) is 19.6 Å². The zero-order chi connectivity index (χ0) is 39.4. The fraction of sp³-hybridized carbons (Fsp3) is 0. The molecule has 0 saturated carbocycles. The van der Waals surface area contributed by atoms with Crippen LogP contribution < -0.4 is 30.5 Å². The number of fused-ring (bicyclic) bond motifs is 4. The van der Waals surface area contributed by atoms with E-state index in [1.54, 1.807) is 0 Å². The average Bonchev–Trinajstić information content (AvgIpc) is 3.30. The Balaban J connectivity index is 1.22. The predicted molar refractivity (Wildman–Crippen MR) is 250 cm³/mol. The van der Waals surface area contributed by atoms with E-state index in [4.69, 9.17) is 0 Å². The quantitative estimate of drug-likeness (QED) is 0.143. The van der Waals surface area contributed by atoms with Gasteiger partial charge >= 0.3 is 0 Å². The molecule has 59 heavy (non-hydrogen) atoms. The average molecular weight is 756 g/mol. The van der Waals surface area contributed by atoms with Crippen molar-refractivity contribution in [1.29, 1.82) is 0 Å². The summed E-state index contributed by atoms with van der Waals surface area (Å²) in [6, 6.07) is 86.5. The molecule has 279 valence electrons. The third-order valence-corrected chi connectivity index (χ3v) is 10.8. The SMILES string of the molecule is [B]1c2ccc(N(c3ccccc3)c3ccccc3)cc2N(c2ccccc2)c2cccc(c2)N(c2ccccc2)c2cc(N(c3ccccc3)c3ccccc3)ccc21. The van der Waals surface area contributed by atoms with Crippen molar-refractivity contribution in [3.8, 4) is 0 Å². The molecule has 0 N–H and O–H groups in total. The molecule has 1 aliphatic rings. The van der Waals surface area contributed by atoms with Crippen LogP contribution in [-0.4, -0.2) is 7.28 Å². The molecule has 1 heterocycles. The zero-order valence-corrected chi connectivity index (χ0v) is 32.5. The highest BCUT2D eigenvalue weighted by Crippen LogP contribution is 2.44. The van der Waals surface area contributed by atoms with Crippen LogP contribution in [0.15, 0.2) is 243 Å². The van der Waals surface area contributed by atoms with Crippen LogP contribution in [0.4, 0.5) is 68.2 Å². The van der Waals surface area contributed by atoms with Gasteiger partial charge in [-0.15, -0.1) is 0 Å². The van der Waals surface area contributed by atoms with E-state index in [1.807, 2.05) is 0 Å². The molecule has 1 radical (unpaired) electrons. The van der Waals surface area contributed by atoms with Crippen LogP contribution in [0, 0.1) is 0 Å². The summed E-state index contributed by atoms with van der Waals surface area (Å²) >= 11 is 0. The van der Waals surface area contributed by atoms with Gasteiger partial charge in [0.2, 0.25) is 0 Å². The summed E-state index contributed by atoms with van der Waals surface area (Å²) in [5.41, 5.74) is 15.1. The lowest BCUT2D eigenvalue weighted by Crippen LogP contribution is -2.35. The number of hydrogen-bond acceptors (Lipinski definition) is 4. The van der Waals surface area contributed by atoms with Crippen molar-refractivity contribution < 1.29 is 0 Å². The van der Waals surface area contributed by atoms with E-state index in [0.717, 1.165) is 79.2 Å². The smallest absolute Gasteiger partial charge is 0.197 e. The first-order chi connectivity index (χ1) is 29.3. The molecule has 10 rings (SSSR count). The van der Waals surface area contributed by atoms with Crippen LogP contribution in [0.5, 0.6) is 0 Å². The first-order valence-corrected chi connectivity index (χ1v) is 20.0. The summed E-state index contributed by atoms with van der Waals surface area (Å²) in [4.78, 5) is 9.44. The third-order valence-electron chi connectivity index (χ3n) is 10.8. The zero-order valence-electron chi connectivity index (χ0n) is 32.5. The Morgan fingerprint density at radius 3 is 0.898 bits per heavy atom. The Kier molecular flexibility index (Phi) is 9.67. The van der Waals surface area contributed by atoms with Gasteiger partial charge in [0.05, 0.1) is 0 Å². The van der Waals surface area contributed by atoms with Crippen LogP contribution in [-0.2, 0) is 0 Å². The summed E-state index contributed by atoms with van der Waals surface area (Å²) in [5, 5.41) is 0. The van der Waals surface area contributed by atoms with E-state index in [-0.39, 0.29) is 0 Å². The predicted octanol–water partition coefficient (Wildman–Crippen LogP) is 13.5. The number of hydrogen-bond donors (Lipinski definition) is 0. The van der Waals surface area contributed by atoms with Crippen molar-refractivity contribution >= 4 is 86.5 Å². The molecular weight excluding hydrogens is 715 g/mol. The third kappa shape index (κ3) is 7.11. The lowest BCUT2D eigenvalue weighted by molar-refractivity contribution is 1.23. The lowest BCUT2D eigenvalue weighted by Gasteiger charge is -2.35. The molecule has 5 heteroatoms. The Labute approximate surface area is 347 Å². The minimum atomic E-state index is 1.06. The molecule has 0 fully saturated rings. The molecule has 9 aromatic carbocycles. The van der Waals surface area contributed by atoms with Crippen molar-refractivity contribution in [2.45, 2.75) is 0 Å². The van der Waals surface area contributed by atoms with Gasteiger partial charge in [0.1, 0.15) is 0 Å². The maximum atomic E-state index is 2.39. The summed E-state index contributed by atoms with van der Waals surface area (Å²) in [6.45, 7) is 0. The Morgan fingerprint density at radius 1 is 0.254 bits per heavy atom. The van der Waals surface area contributed by atoms with Gasteiger partial charge < -0.3 is 19.6 Å². The lowest BCUT2D eigenvalue weighted by atomic mass is 9.62. The van der Waals surface area contributed by atoms with E-state index in [9.17, 15) is 0 Å². The van der Waals surface area contributed by atoms with Crippen LogP contribution in [0.25, 0.3) is 0 Å². The van der Waals surface area contributed by atoms with Crippen LogP contribution in [0.1, 0.15) is 0 Å². The fourth-order valence-corrected chi connectivity index (χ4v) is 8.12. The second-order valence-corrected chi connectivity index (χ2v) is 14.5. The molecule has 1 aliphatic heterocycles. The monoisotopic (exact) mass is 755 g/mol. The maximum absolute atomic E-state index is 2.39. The van der Waals surface area contributed by atoms with E-state index in [1.165, 1.54) is 0 Å². The first-order valence-electron chi connectivity index (χ1n) is 20.0. The number of benzene rings is 9. The summed E-state index contributed by atoms with van der Waals surface area (Å²) in [5.74, 6) is 0.